The molecule has 0 saturated heterocycles. The first-order chi connectivity index (χ1) is 10.3. The number of pyridine rings is 1. The summed E-state index contributed by atoms with van der Waals surface area (Å²) in [6, 6.07) is 8.34. The molecule has 0 fully saturated rings. The number of aryl methyl sites for hydroxylation is 2. The van der Waals surface area contributed by atoms with Crippen molar-refractivity contribution in [3.8, 4) is 0 Å². The molecule has 0 radical (unpaired) electrons. The molecule has 2 aromatic heterocycles. The third-order valence-electron chi connectivity index (χ3n) is 3.58. The molecule has 3 nitrogen and oxygen atoms in total. The van der Waals surface area contributed by atoms with E-state index in [1.54, 1.807) is 0 Å². The Bertz CT molecular complexity index is 749. The maximum absolute atomic E-state index is 4.47. The molecule has 0 bridgehead atoms. The van der Waals surface area contributed by atoms with Gasteiger partial charge in [-0.3, -0.25) is 4.98 Å². The number of thiazole rings is 1. The highest BCUT2D eigenvalue weighted by atomic mass is 32.1. The maximum atomic E-state index is 4.47. The topological polar surface area (TPSA) is 37.8 Å². The number of anilines is 1. The Labute approximate surface area is 129 Å². The second-order valence-electron chi connectivity index (χ2n) is 5.08. The zero-order valence-corrected chi connectivity index (χ0v) is 13.2. The molecule has 3 rings (SSSR count). The Morgan fingerprint density at radius 2 is 2.10 bits per heavy atom. The van der Waals surface area contributed by atoms with E-state index in [2.05, 4.69) is 47.3 Å². The Balaban J connectivity index is 1.72. The number of rotatable bonds is 5. The van der Waals surface area contributed by atoms with Crippen molar-refractivity contribution in [2.24, 2.45) is 0 Å². The molecule has 2 heterocycles. The number of para-hydroxylation sites is 1. The molecule has 4 heteroatoms. The van der Waals surface area contributed by atoms with Crippen LogP contribution in [0.1, 0.15) is 22.4 Å². The lowest BCUT2D eigenvalue weighted by atomic mass is 10.1. The highest BCUT2D eigenvalue weighted by Crippen LogP contribution is 2.23. The SMILES string of the molecule is CCc1cnc(CCNc2ccnc3c(C)cccc23)s1. The van der Waals surface area contributed by atoms with Crippen molar-refractivity contribution in [3.63, 3.8) is 0 Å². The fourth-order valence-electron chi connectivity index (χ4n) is 2.41. The molecule has 0 spiro atoms. The van der Waals surface area contributed by atoms with Crippen molar-refractivity contribution in [3.05, 3.63) is 52.1 Å². The maximum Gasteiger partial charge on any atom is 0.0945 e. The first kappa shape index (κ1) is 14.0. The van der Waals surface area contributed by atoms with E-state index in [-0.39, 0.29) is 0 Å². The highest BCUT2D eigenvalue weighted by Gasteiger charge is 2.04. The fourth-order valence-corrected chi connectivity index (χ4v) is 3.27. The molecule has 0 aliphatic heterocycles. The third kappa shape index (κ3) is 3.05. The number of benzene rings is 1. The molecule has 0 aliphatic carbocycles. The summed E-state index contributed by atoms with van der Waals surface area (Å²) in [5.41, 5.74) is 3.43. The highest BCUT2D eigenvalue weighted by molar-refractivity contribution is 7.11. The van der Waals surface area contributed by atoms with E-state index in [1.165, 1.54) is 20.8 Å². The van der Waals surface area contributed by atoms with Crippen LogP contribution in [-0.4, -0.2) is 16.5 Å². The molecule has 0 unspecified atom stereocenters. The van der Waals surface area contributed by atoms with Gasteiger partial charge in [-0.15, -0.1) is 11.3 Å². The molecule has 1 N–H and O–H groups in total. The second-order valence-corrected chi connectivity index (χ2v) is 6.28. The predicted molar refractivity (Wildman–Crippen MR) is 90.2 cm³/mol. The van der Waals surface area contributed by atoms with Gasteiger partial charge in [-0.25, -0.2) is 4.98 Å². The minimum absolute atomic E-state index is 0.893. The predicted octanol–water partition coefficient (Wildman–Crippen LogP) is 4.22. The Kier molecular flexibility index (Phi) is 4.15. The molecule has 0 atom stereocenters. The largest absolute Gasteiger partial charge is 0.384 e. The summed E-state index contributed by atoms with van der Waals surface area (Å²) in [4.78, 5) is 10.3. The van der Waals surface area contributed by atoms with Crippen molar-refractivity contribution >= 4 is 27.9 Å². The van der Waals surface area contributed by atoms with Crippen molar-refractivity contribution in [2.45, 2.75) is 26.7 Å². The molecule has 108 valence electrons. The van der Waals surface area contributed by atoms with Crippen LogP contribution in [0, 0.1) is 6.92 Å². The zero-order chi connectivity index (χ0) is 14.7. The van der Waals surface area contributed by atoms with Gasteiger partial charge in [0.15, 0.2) is 0 Å². The van der Waals surface area contributed by atoms with Gasteiger partial charge in [-0.2, -0.15) is 0 Å². The monoisotopic (exact) mass is 297 g/mol. The minimum atomic E-state index is 0.893. The summed E-state index contributed by atoms with van der Waals surface area (Å²) >= 11 is 1.81. The van der Waals surface area contributed by atoms with Crippen LogP contribution in [0.3, 0.4) is 0 Å². The van der Waals surface area contributed by atoms with E-state index in [0.29, 0.717) is 0 Å². The van der Waals surface area contributed by atoms with Crippen molar-refractivity contribution in [1.29, 1.82) is 0 Å². The lowest BCUT2D eigenvalue weighted by molar-refractivity contribution is 0.998. The second kappa shape index (κ2) is 6.22. The van der Waals surface area contributed by atoms with E-state index in [9.17, 15) is 0 Å². The summed E-state index contributed by atoms with van der Waals surface area (Å²) in [5, 5.41) is 5.91. The van der Waals surface area contributed by atoms with Crippen LogP contribution in [0.5, 0.6) is 0 Å². The normalized spacial score (nSPS) is 11.0. The van der Waals surface area contributed by atoms with Gasteiger partial charge in [-0.1, -0.05) is 25.1 Å². The van der Waals surface area contributed by atoms with E-state index >= 15 is 0 Å². The average molecular weight is 297 g/mol. The summed E-state index contributed by atoms with van der Waals surface area (Å²) in [6.45, 7) is 5.16. The van der Waals surface area contributed by atoms with Gasteiger partial charge < -0.3 is 5.32 Å². The lowest BCUT2D eigenvalue weighted by Crippen LogP contribution is -2.05. The fraction of sp³-hybridized carbons (Fsp3) is 0.294. The molecule has 1 aromatic carbocycles. The van der Waals surface area contributed by atoms with Crippen LogP contribution >= 0.6 is 11.3 Å². The van der Waals surface area contributed by atoms with Crippen LogP contribution in [0.25, 0.3) is 10.9 Å². The first-order valence-electron chi connectivity index (χ1n) is 7.29. The van der Waals surface area contributed by atoms with Gasteiger partial charge in [0.05, 0.1) is 10.5 Å². The van der Waals surface area contributed by atoms with Gasteiger partial charge in [-0.05, 0) is 25.0 Å². The van der Waals surface area contributed by atoms with Crippen LogP contribution < -0.4 is 5.32 Å². The molecule has 0 aliphatic rings. The zero-order valence-electron chi connectivity index (χ0n) is 12.4. The quantitative estimate of drug-likeness (QED) is 0.766. The van der Waals surface area contributed by atoms with E-state index in [4.69, 9.17) is 0 Å². The summed E-state index contributed by atoms with van der Waals surface area (Å²) in [5.74, 6) is 0. The van der Waals surface area contributed by atoms with Crippen LogP contribution in [0.2, 0.25) is 0 Å². The first-order valence-corrected chi connectivity index (χ1v) is 8.11. The number of aromatic nitrogens is 2. The standard InChI is InChI=1S/C17H19N3S/c1-3-13-11-20-16(21-13)8-10-18-15-7-9-19-17-12(2)5-4-6-14(15)17/h4-7,9,11H,3,8,10H2,1-2H3,(H,18,19). The number of hydrogen-bond acceptors (Lipinski definition) is 4. The van der Waals surface area contributed by atoms with Crippen molar-refractivity contribution < 1.29 is 0 Å². The number of hydrogen-bond donors (Lipinski definition) is 1. The van der Waals surface area contributed by atoms with E-state index < -0.39 is 0 Å². The number of nitrogens with one attached hydrogen (secondary N) is 1. The van der Waals surface area contributed by atoms with Gasteiger partial charge in [0.1, 0.15) is 0 Å². The number of fused-ring (bicyclic) bond motifs is 1. The summed E-state index contributed by atoms with van der Waals surface area (Å²) < 4.78 is 0. The summed E-state index contributed by atoms with van der Waals surface area (Å²) in [6.07, 6.45) is 5.89. The summed E-state index contributed by atoms with van der Waals surface area (Å²) in [7, 11) is 0. The Morgan fingerprint density at radius 1 is 1.19 bits per heavy atom. The van der Waals surface area contributed by atoms with Gasteiger partial charge in [0, 0.05) is 41.3 Å². The smallest absolute Gasteiger partial charge is 0.0945 e. The Morgan fingerprint density at radius 3 is 2.90 bits per heavy atom. The minimum Gasteiger partial charge on any atom is -0.384 e. The average Bonchev–Trinajstić information content (AvgIpc) is 2.96. The number of nitrogens with zero attached hydrogens (tertiary/aromatic N) is 2. The van der Waals surface area contributed by atoms with Crippen LogP contribution in [0.15, 0.2) is 36.7 Å². The molecular weight excluding hydrogens is 278 g/mol. The third-order valence-corrected chi connectivity index (χ3v) is 4.78. The van der Waals surface area contributed by atoms with E-state index in [1.807, 2.05) is 29.8 Å². The lowest BCUT2D eigenvalue weighted by Gasteiger charge is -2.09. The van der Waals surface area contributed by atoms with Gasteiger partial charge in [0.25, 0.3) is 0 Å². The molecule has 21 heavy (non-hydrogen) atoms. The molecule has 0 amide bonds. The molecule has 3 aromatic rings. The van der Waals surface area contributed by atoms with Gasteiger partial charge in [0.2, 0.25) is 0 Å². The van der Waals surface area contributed by atoms with Crippen molar-refractivity contribution in [2.75, 3.05) is 11.9 Å². The van der Waals surface area contributed by atoms with Crippen molar-refractivity contribution in [1.82, 2.24) is 9.97 Å². The van der Waals surface area contributed by atoms with Crippen LogP contribution in [-0.2, 0) is 12.8 Å². The molecular formula is C17H19N3S. The Hall–Kier alpha value is -1.94. The van der Waals surface area contributed by atoms with Gasteiger partial charge >= 0.3 is 0 Å². The molecule has 0 saturated carbocycles. The van der Waals surface area contributed by atoms with E-state index in [0.717, 1.165) is 30.6 Å². The van der Waals surface area contributed by atoms with Crippen LogP contribution in [0.4, 0.5) is 5.69 Å².